The van der Waals surface area contributed by atoms with Crippen molar-refractivity contribution < 1.29 is 19.8 Å². The highest BCUT2D eigenvalue weighted by molar-refractivity contribution is 5.87. The molecule has 1 fully saturated rings. The van der Waals surface area contributed by atoms with Gasteiger partial charge in [0, 0.05) is 12.3 Å². The molecule has 0 aromatic heterocycles. The van der Waals surface area contributed by atoms with Crippen LogP contribution >= 0.6 is 0 Å². The number of allylic oxidation sites excluding steroid dienone is 1. The number of Topliss-reactive ketones (excluding diaryl/α,β-unsaturated/α-hetero) is 1. The summed E-state index contributed by atoms with van der Waals surface area (Å²) in [6.45, 7) is 3.88. The van der Waals surface area contributed by atoms with Gasteiger partial charge in [-0.1, -0.05) is 38.3 Å². The third-order valence-corrected chi connectivity index (χ3v) is 4.04. The lowest BCUT2D eigenvalue weighted by Crippen LogP contribution is -2.22. The number of aliphatic hydroxyl groups is 1. The minimum atomic E-state index is -0.932. The van der Waals surface area contributed by atoms with Crippen molar-refractivity contribution in [2.45, 2.75) is 64.4 Å². The molecule has 0 bridgehead atoms. The molecule has 0 amide bonds. The number of hydrogen-bond donors (Lipinski definition) is 2. The van der Waals surface area contributed by atoms with E-state index in [1.54, 1.807) is 13.0 Å². The third-order valence-electron chi connectivity index (χ3n) is 4.04. The van der Waals surface area contributed by atoms with Gasteiger partial charge >= 0.3 is 5.97 Å². The van der Waals surface area contributed by atoms with E-state index in [1.165, 1.54) is 0 Å². The molecule has 0 aromatic carbocycles. The average molecular weight is 282 g/mol. The second-order valence-corrected chi connectivity index (χ2v) is 6.05. The van der Waals surface area contributed by atoms with E-state index in [9.17, 15) is 14.7 Å². The van der Waals surface area contributed by atoms with Gasteiger partial charge in [-0.05, 0) is 25.7 Å². The van der Waals surface area contributed by atoms with E-state index in [1.807, 2.05) is 6.08 Å². The van der Waals surface area contributed by atoms with Crippen molar-refractivity contribution in [2.24, 2.45) is 11.8 Å². The summed E-state index contributed by atoms with van der Waals surface area (Å²) in [6.07, 6.45) is 8.50. The number of hydrogen-bond acceptors (Lipinski definition) is 3. The summed E-state index contributed by atoms with van der Waals surface area (Å²) < 4.78 is 0. The zero-order chi connectivity index (χ0) is 15.2. The zero-order valence-electron chi connectivity index (χ0n) is 12.5. The number of ketones is 1. The van der Waals surface area contributed by atoms with Crippen molar-refractivity contribution >= 4 is 11.8 Å². The summed E-state index contributed by atoms with van der Waals surface area (Å²) in [5.41, 5.74) is -0.866. The Morgan fingerprint density at radius 3 is 2.75 bits per heavy atom. The Morgan fingerprint density at radius 2 is 2.15 bits per heavy atom. The van der Waals surface area contributed by atoms with Crippen molar-refractivity contribution in [3.05, 3.63) is 12.2 Å². The van der Waals surface area contributed by atoms with Crippen LogP contribution in [0.15, 0.2) is 12.2 Å². The van der Waals surface area contributed by atoms with Crippen LogP contribution in [-0.2, 0) is 9.59 Å². The number of carboxylic acids is 1. The number of aliphatic carboxylic acids is 1. The van der Waals surface area contributed by atoms with Gasteiger partial charge in [-0.15, -0.1) is 0 Å². The SMILES string of the molecule is CCCCCC(C)(O)/C=C/[C@H]1CCC(=O)[C@@H]1CC(=O)O. The number of carboxylic acid groups (broad SMARTS) is 1. The molecule has 1 saturated carbocycles. The first kappa shape index (κ1) is 16.9. The van der Waals surface area contributed by atoms with Crippen molar-refractivity contribution in [3.8, 4) is 0 Å². The van der Waals surface area contributed by atoms with Gasteiger partial charge in [-0.3, -0.25) is 9.59 Å². The van der Waals surface area contributed by atoms with Gasteiger partial charge in [-0.2, -0.15) is 0 Å². The summed E-state index contributed by atoms with van der Waals surface area (Å²) in [4.78, 5) is 22.5. The smallest absolute Gasteiger partial charge is 0.304 e. The maximum absolute atomic E-state index is 11.7. The van der Waals surface area contributed by atoms with E-state index in [2.05, 4.69) is 6.92 Å². The largest absolute Gasteiger partial charge is 0.481 e. The fourth-order valence-corrected chi connectivity index (χ4v) is 2.77. The summed E-state index contributed by atoms with van der Waals surface area (Å²) in [5, 5.41) is 19.1. The molecule has 1 aliphatic rings. The molecule has 0 spiro atoms. The molecule has 20 heavy (non-hydrogen) atoms. The van der Waals surface area contributed by atoms with Crippen LogP contribution in [0.1, 0.15) is 58.8 Å². The minimum Gasteiger partial charge on any atom is -0.481 e. The molecule has 4 nitrogen and oxygen atoms in total. The maximum atomic E-state index is 11.7. The standard InChI is InChI=1S/C16H26O4/c1-3-4-5-9-16(2,20)10-8-12-6-7-14(17)13(12)11-15(18)19/h8,10,12-13,20H,3-7,9,11H2,1-2H3,(H,18,19)/b10-8+/t12-,13-,16?/m1/s1. The van der Waals surface area contributed by atoms with Gasteiger partial charge < -0.3 is 10.2 Å². The lowest BCUT2D eigenvalue weighted by atomic mass is 9.89. The Balaban J connectivity index is 2.58. The normalized spacial score (nSPS) is 26.1. The molecule has 3 atom stereocenters. The second-order valence-electron chi connectivity index (χ2n) is 6.05. The summed E-state index contributed by atoms with van der Waals surface area (Å²) >= 11 is 0. The van der Waals surface area contributed by atoms with Crippen LogP contribution in [0.2, 0.25) is 0 Å². The molecular formula is C16H26O4. The Kier molecular flexibility index (Phi) is 6.40. The van der Waals surface area contributed by atoms with Crippen LogP contribution in [0.4, 0.5) is 0 Å². The van der Waals surface area contributed by atoms with E-state index in [0.717, 1.165) is 19.3 Å². The predicted molar refractivity (Wildman–Crippen MR) is 77.4 cm³/mol. The van der Waals surface area contributed by atoms with E-state index in [4.69, 9.17) is 5.11 Å². The molecule has 0 aromatic rings. The average Bonchev–Trinajstić information content (AvgIpc) is 2.68. The van der Waals surface area contributed by atoms with Gasteiger partial charge in [0.15, 0.2) is 0 Å². The van der Waals surface area contributed by atoms with E-state index in [-0.39, 0.29) is 18.1 Å². The van der Waals surface area contributed by atoms with Crippen LogP contribution < -0.4 is 0 Å². The molecule has 114 valence electrons. The molecule has 0 radical (unpaired) electrons. The topological polar surface area (TPSA) is 74.6 Å². The number of carbonyl (C=O) groups is 2. The Hall–Kier alpha value is -1.16. The van der Waals surface area contributed by atoms with Crippen molar-refractivity contribution in [3.63, 3.8) is 0 Å². The highest BCUT2D eigenvalue weighted by atomic mass is 16.4. The monoisotopic (exact) mass is 282 g/mol. The Morgan fingerprint density at radius 1 is 1.45 bits per heavy atom. The summed E-state index contributed by atoms with van der Waals surface area (Å²) in [5.74, 6) is -1.36. The Bertz CT molecular complexity index is 371. The summed E-state index contributed by atoms with van der Waals surface area (Å²) in [7, 11) is 0. The molecule has 1 rings (SSSR count). The lowest BCUT2D eigenvalue weighted by molar-refractivity contribution is -0.140. The first-order chi connectivity index (χ1) is 9.35. The van der Waals surface area contributed by atoms with Gasteiger partial charge in [0.25, 0.3) is 0 Å². The van der Waals surface area contributed by atoms with E-state index < -0.39 is 17.5 Å². The molecule has 0 saturated heterocycles. The van der Waals surface area contributed by atoms with Crippen molar-refractivity contribution in [1.29, 1.82) is 0 Å². The van der Waals surface area contributed by atoms with Gasteiger partial charge in [0.1, 0.15) is 5.78 Å². The zero-order valence-corrected chi connectivity index (χ0v) is 12.5. The fourth-order valence-electron chi connectivity index (χ4n) is 2.77. The first-order valence-corrected chi connectivity index (χ1v) is 7.52. The molecule has 1 unspecified atom stereocenters. The van der Waals surface area contributed by atoms with Crippen LogP contribution in [-0.4, -0.2) is 27.6 Å². The maximum Gasteiger partial charge on any atom is 0.304 e. The molecule has 4 heteroatoms. The van der Waals surface area contributed by atoms with Crippen LogP contribution in [0.5, 0.6) is 0 Å². The Labute approximate surface area is 120 Å². The minimum absolute atomic E-state index is 0.0349. The van der Waals surface area contributed by atoms with Crippen molar-refractivity contribution in [1.82, 2.24) is 0 Å². The van der Waals surface area contributed by atoms with E-state index in [0.29, 0.717) is 19.3 Å². The van der Waals surface area contributed by atoms with Crippen LogP contribution in [0.25, 0.3) is 0 Å². The van der Waals surface area contributed by atoms with Gasteiger partial charge in [0.2, 0.25) is 0 Å². The third kappa shape index (κ3) is 5.45. The molecule has 0 aliphatic heterocycles. The van der Waals surface area contributed by atoms with Crippen LogP contribution in [0, 0.1) is 11.8 Å². The number of unbranched alkanes of at least 4 members (excludes halogenated alkanes) is 2. The fraction of sp³-hybridized carbons (Fsp3) is 0.750. The quantitative estimate of drug-likeness (QED) is 0.530. The highest BCUT2D eigenvalue weighted by Crippen LogP contribution is 2.33. The van der Waals surface area contributed by atoms with Crippen molar-refractivity contribution in [2.75, 3.05) is 0 Å². The first-order valence-electron chi connectivity index (χ1n) is 7.52. The number of rotatable bonds is 8. The molecule has 2 N–H and O–H groups in total. The van der Waals surface area contributed by atoms with E-state index >= 15 is 0 Å². The second kappa shape index (κ2) is 7.58. The predicted octanol–water partition coefficient (Wildman–Crippen LogP) is 2.94. The lowest BCUT2D eigenvalue weighted by Gasteiger charge is -2.20. The number of carbonyl (C=O) groups excluding carboxylic acids is 1. The van der Waals surface area contributed by atoms with Gasteiger partial charge in [0.05, 0.1) is 12.0 Å². The van der Waals surface area contributed by atoms with Crippen LogP contribution in [0.3, 0.4) is 0 Å². The molecule has 1 aliphatic carbocycles. The molecule has 0 heterocycles. The van der Waals surface area contributed by atoms with Gasteiger partial charge in [-0.25, -0.2) is 0 Å². The highest BCUT2D eigenvalue weighted by Gasteiger charge is 2.34. The summed E-state index contributed by atoms with van der Waals surface area (Å²) in [6, 6.07) is 0. The molecular weight excluding hydrogens is 256 g/mol.